The first kappa shape index (κ1) is 30.5. The predicted octanol–water partition coefficient (Wildman–Crippen LogP) is 14.0. The molecule has 54 heavy (non-hydrogen) atoms. The van der Waals surface area contributed by atoms with Crippen molar-refractivity contribution in [3.05, 3.63) is 206 Å². The Labute approximate surface area is 313 Å². The van der Waals surface area contributed by atoms with Crippen molar-refractivity contribution in [3.63, 3.8) is 0 Å². The van der Waals surface area contributed by atoms with Crippen molar-refractivity contribution in [3.8, 4) is 44.8 Å². The molecule has 0 aliphatic heterocycles. The fourth-order valence-electron chi connectivity index (χ4n) is 8.61. The van der Waals surface area contributed by atoms with Gasteiger partial charge in [-0.1, -0.05) is 140 Å². The minimum Gasteiger partial charge on any atom is -0.309 e. The Bertz CT molecular complexity index is 3210. The van der Waals surface area contributed by atoms with Gasteiger partial charge in [-0.2, -0.15) is 0 Å². The van der Waals surface area contributed by atoms with Crippen LogP contribution in [-0.4, -0.2) is 9.13 Å². The van der Waals surface area contributed by atoms with Crippen LogP contribution >= 0.6 is 0 Å². The first-order valence-electron chi connectivity index (χ1n) is 18.6. The van der Waals surface area contributed by atoms with Gasteiger partial charge in [0.05, 0.1) is 22.1 Å². The zero-order chi connectivity index (χ0) is 35.6. The molecular weight excluding hydrogens is 653 g/mol. The average Bonchev–Trinajstić information content (AvgIpc) is 3.76. The van der Waals surface area contributed by atoms with Gasteiger partial charge < -0.3 is 9.13 Å². The fourth-order valence-corrected chi connectivity index (χ4v) is 8.61. The molecule has 252 valence electrons. The SMILES string of the molecule is c1ccc(-n2c3ccccc3c3cc(-c4cccc(-c5ccc6c(c5)c5ccccc5n6-c5cccc(-c6cccc7ccccc67)c5)c4)ccc32)cc1. The smallest absolute Gasteiger partial charge is 0.0541 e. The van der Waals surface area contributed by atoms with Crippen LogP contribution < -0.4 is 0 Å². The largest absolute Gasteiger partial charge is 0.309 e. The Balaban J connectivity index is 1.02. The summed E-state index contributed by atoms with van der Waals surface area (Å²) >= 11 is 0. The molecule has 0 bridgehead atoms. The van der Waals surface area contributed by atoms with E-state index >= 15 is 0 Å². The van der Waals surface area contributed by atoms with Gasteiger partial charge in [0.1, 0.15) is 0 Å². The Morgan fingerprint density at radius 3 is 1.39 bits per heavy atom. The second-order valence-electron chi connectivity index (χ2n) is 14.2. The lowest BCUT2D eigenvalue weighted by molar-refractivity contribution is 1.18. The summed E-state index contributed by atoms with van der Waals surface area (Å²) in [6.45, 7) is 0. The normalized spacial score (nSPS) is 11.7. The van der Waals surface area contributed by atoms with Gasteiger partial charge in [0, 0.05) is 32.9 Å². The van der Waals surface area contributed by atoms with E-state index in [4.69, 9.17) is 0 Å². The molecule has 2 heterocycles. The first-order valence-corrected chi connectivity index (χ1v) is 18.6. The third-order valence-corrected chi connectivity index (χ3v) is 11.1. The van der Waals surface area contributed by atoms with Crippen LogP contribution in [0.3, 0.4) is 0 Å². The molecule has 0 saturated heterocycles. The van der Waals surface area contributed by atoms with Crippen LogP contribution in [0.25, 0.3) is 99.1 Å². The Morgan fingerprint density at radius 2 is 0.704 bits per heavy atom. The summed E-state index contributed by atoms with van der Waals surface area (Å²) in [5.74, 6) is 0. The summed E-state index contributed by atoms with van der Waals surface area (Å²) in [4.78, 5) is 0. The standard InChI is InChI=1S/C52H34N2/c1-2-18-41(19-3-1)53-49-25-8-6-22-45(49)47-33-38(27-29-51(47)53)36-15-10-16-37(31-36)39-28-30-52-48(34-39)46-23-7-9-26-50(46)54(52)42-20-11-17-40(32-42)44-24-12-14-35-13-4-5-21-43(35)44/h1-34H. The van der Waals surface area contributed by atoms with Crippen LogP contribution in [0.15, 0.2) is 206 Å². The third-order valence-electron chi connectivity index (χ3n) is 11.1. The number of hydrogen-bond donors (Lipinski definition) is 0. The van der Waals surface area contributed by atoms with E-state index in [0.717, 1.165) is 5.69 Å². The summed E-state index contributed by atoms with van der Waals surface area (Å²) in [5.41, 5.74) is 14.5. The van der Waals surface area contributed by atoms with Crippen molar-refractivity contribution in [2.45, 2.75) is 0 Å². The molecule has 11 rings (SSSR count). The van der Waals surface area contributed by atoms with E-state index in [1.165, 1.54) is 93.5 Å². The second kappa shape index (κ2) is 12.2. The zero-order valence-corrected chi connectivity index (χ0v) is 29.5. The van der Waals surface area contributed by atoms with Gasteiger partial charge in [0.15, 0.2) is 0 Å². The molecule has 11 aromatic rings. The van der Waals surface area contributed by atoms with E-state index in [9.17, 15) is 0 Å². The Kier molecular flexibility index (Phi) is 6.90. The molecule has 0 saturated carbocycles. The topological polar surface area (TPSA) is 9.86 Å². The van der Waals surface area contributed by atoms with Gasteiger partial charge in [-0.3, -0.25) is 0 Å². The van der Waals surface area contributed by atoms with E-state index in [-0.39, 0.29) is 0 Å². The molecule has 0 N–H and O–H groups in total. The fraction of sp³-hybridized carbons (Fsp3) is 0. The van der Waals surface area contributed by atoms with Crippen molar-refractivity contribution in [1.82, 2.24) is 9.13 Å². The van der Waals surface area contributed by atoms with Crippen LogP contribution in [0.2, 0.25) is 0 Å². The number of benzene rings is 9. The number of fused-ring (bicyclic) bond motifs is 7. The minimum absolute atomic E-state index is 1.16. The molecule has 0 unspecified atom stereocenters. The van der Waals surface area contributed by atoms with Crippen molar-refractivity contribution in [2.75, 3.05) is 0 Å². The van der Waals surface area contributed by atoms with Crippen molar-refractivity contribution < 1.29 is 0 Å². The zero-order valence-electron chi connectivity index (χ0n) is 29.5. The van der Waals surface area contributed by atoms with E-state index in [2.05, 4.69) is 215 Å². The molecule has 2 aromatic heterocycles. The number of hydrogen-bond acceptors (Lipinski definition) is 0. The quantitative estimate of drug-likeness (QED) is 0.171. The van der Waals surface area contributed by atoms with Gasteiger partial charge in [-0.25, -0.2) is 0 Å². The summed E-state index contributed by atoms with van der Waals surface area (Å²) in [6.07, 6.45) is 0. The highest BCUT2D eigenvalue weighted by molar-refractivity contribution is 6.12. The van der Waals surface area contributed by atoms with Crippen LogP contribution in [-0.2, 0) is 0 Å². The minimum atomic E-state index is 1.16. The van der Waals surface area contributed by atoms with Gasteiger partial charge in [0.2, 0.25) is 0 Å². The highest BCUT2D eigenvalue weighted by Gasteiger charge is 2.16. The highest BCUT2D eigenvalue weighted by Crippen LogP contribution is 2.39. The van der Waals surface area contributed by atoms with Crippen molar-refractivity contribution in [2.24, 2.45) is 0 Å². The van der Waals surface area contributed by atoms with Crippen molar-refractivity contribution >= 4 is 54.4 Å². The summed E-state index contributed by atoms with van der Waals surface area (Å²) < 4.78 is 4.79. The second-order valence-corrected chi connectivity index (χ2v) is 14.2. The molecular formula is C52H34N2. The van der Waals surface area contributed by atoms with Crippen LogP contribution in [0.1, 0.15) is 0 Å². The van der Waals surface area contributed by atoms with E-state index in [1.807, 2.05) is 0 Å². The lowest BCUT2D eigenvalue weighted by atomic mass is 9.97. The van der Waals surface area contributed by atoms with Gasteiger partial charge in [-0.05, 0) is 111 Å². The number of para-hydroxylation sites is 3. The molecule has 0 radical (unpaired) electrons. The average molecular weight is 687 g/mol. The molecule has 2 heteroatoms. The summed E-state index contributed by atoms with van der Waals surface area (Å²) in [5, 5.41) is 7.55. The molecule has 9 aromatic carbocycles. The lowest BCUT2D eigenvalue weighted by Crippen LogP contribution is -1.94. The van der Waals surface area contributed by atoms with Gasteiger partial charge in [-0.15, -0.1) is 0 Å². The van der Waals surface area contributed by atoms with Crippen LogP contribution in [0, 0.1) is 0 Å². The third kappa shape index (κ3) is 4.81. The maximum atomic E-state index is 2.42. The molecule has 0 atom stereocenters. The van der Waals surface area contributed by atoms with Gasteiger partial charge >= 0.3 is 0 Å². The van der Waals surface area contributed by atoms with Crippen molar-refractivity contribution in [1.29, 1.82) is 0 Å². The number of nitrogens with zero attached hydrogens (tertiary/aromatic N) is 2. The number of aromatic nitrogens is 2. The Morgan fingerprint density at radius 1 is 0.241 bits per heavy atom. The van der Waals surface area contributed by atoms with Crippen LogP contribution in [0.5, 0.6) is 0 Å². The van der Waals surface area contributed by atoms with E-state index < -0.39 is 0 Å². The summed E-state index contributed by atoms with van der Waals surface area (Å²) in [6, 6.07) is 75.2. The maximum absolute atomic E-state index is 2.42. The molecule has 0 aliphatic rings. The first-order chi connectivity index (χ1) is 26.8. The van der Waals surface area contributed by atoms with Crippen LogP contribution in [0.4, 0.5) is 0 Å². The maximum Gasteiger partial charge on any atom is 0.0541 e. The number of rotatable bonds is 5. The highest BCUT2D eigenvalue weighted by atomic mass is 15.0. The lowest BCUT2D eigenvalue weighted by Gasteiger charge is -2.12. The molecule has 2 nitrogen and oxygen atoms in total. The van der Waals surface area contributed by atoms with E-state index in [0.29, 0.717) is 0 Å². The Hall–Kier alpha value is -7.16. The molecule has 0 spiro atoms. The van der Waals surface area contributed by atoms with Gasteiger partial charge in [0.25, 0.3) is 0 Å². The van der Waals surface area contributed by atoms with E-state index in [1.54, 1.807) is 0 Å². The predicted molar refractivity (Wildman–Crippen MR) is 229 cm³/mol. The summed E-state index contributed by atoms with van der Waals surface area (Å²) in [7, 11) is 0. The molecule has 0 amide bonds. The monoisotopic (exact) mass is 686 g/mol. The molecule has 0 aliphatic carbocycles. The molecule has 0 fully saturated rings.